The quantitative estimate of drug-likeness (QED) is 0.264. The summed E-state index contributed by atoms with van der Waals surface area (Å²) in [5.74, 6) is 1.78. The van der Waals surface area contributed by atoms with Crippen LogP contribution in [0.1, 0.15) is 52.8 Å². The third kappa shape index (κ3) is 5.04. The second-order valence-corrected chi connectivity index (χ2v) is 9.61. The lowest BCUT2D eigenvalue weighted by molar-refractivity contribution is 0.414. The molecule has 0 atom stereocenters. The maximum absolute atomic E-state index is 5.38. The second kappa shape index (κ2) is 10.2. The zero-order chi connectivity index (χ0) is 24.1. The van der Waals surface area contributed by atoms with Crippen molar-refractivity contribution in [3.05, 3.63) is 78.4 Å². The summed E-state index contributed by atoms with van der Waals surface area (Å²) >= 11 is 0. The fourth-order valence-corrected chi connectivity index (χ4v) is 4.25. The number of ether oxygens (including phenoxy) is 1. The summed E-state index contributed by atoms with van der Waals surface area (Å²) in [6.45, 7) is 9.12. The van der Waals surface area contributed by atoms with Crippen LogP contribution < -0.4 is 4.74 Å². The van der Waals surface area contributed by atoms with E-state index in [9.17, 15) is 0 Å². The number of aromatic nitrogens is 4. The van der Waals surface area contributed by atoms with Gasteiger partial charge in [-0.15, -0.1) is 0 Å². The van der Waals surface area contributed by atoms with Crippen LogP contribution in [0.25, 0.3) is 28.1 Å². The Morgan fingerprint density at radius 2 is 1.74 bits per heavy atom. The Bertz CT molecular complexity index is 1270. The van der Waals surface area contributed by atoms with Gasteiger partial charge in [0.1, 0.15) is 29.1 Å². The largest absolute Gasteiger partial charge is 0.497 e. The molecule has 5 heteroatoms. The van der Waals surface area contributed by atoms with E-state index in [1.807, 2.05) is 30.3 Å². The van der Waals surface area contributed by atoms with E-state index < -0.39 is 0 Å². The highest BCUT2D eigenvalue weighted by Crippen LogP contribution is 2.32. The normalized spacial score (nSPS) is 12.3. The van der Waals surface area contributed by atoms with E-state index in [1.165, 1.54) is 18.4 Å². The van der Waals surface area contributed by atoms with Gasteiger partial charge in [-0.05, 0) is 42.5 Å². The summed E-state index contributed by atoms with van der Waals surface area (Å²) in [5.41, 5.74) is 6.13. The summed E-state index contributed by atoms with van der Waals surface area (Å²) in [7, 11) is 1.68. The zero-order valence-corrected chi connectivity index (χ0v) is 20.9. The average molecular weight is 455 g/mol. The van der Waals surface area contributed by atoms with Gasteiger partial charge in [0, 0.05) is 17.7 Å². The minimum absolute atomic E-state index is 0.126. The molecule has 176 valence electrons. The summed E-state index contributed by atoms with van der Waals surface area (Å²) < 4.78 is 7.53. The topological polar surface area (TPSA) is 52.8 Å². The molecule has 0 bridgehead atoms. The van der Waals surface area contributed by atoms with E-state index in [2.05, 4.69) is 72.6 Å². The van der Waals surface area contributed by atoms with Crippen LogP contribution >= 0.6 is 0 Å². The molecule has 0 N–H and O–H groups in total. The van der Waals surface area contributed by atoms with Crippen molar-refractivity contribution < 1.29 is 4.74 Å². The molecular weight excluding hydrogens is 420 g/mol. The summed E-state index contributed by atoms with van der Waals surface area (Å²) in [5, 5.41) is 0. The third-order valence-electron chi connectivity index (χ3n) is 6.19. The lowest BCUT2D eigenvalue weighted by atomic mass is 9.83. The minimum Gasteiger partial charge on any atom is -0.497 e. The van der Waals surface area contributed by atoms with Crippen molar-refractivity contribution in [2.24, 2.45) is 5.41 Å². The molecule has 0 aliphatic carbocycles. The standard InChI is InChI=1S/C29H34N4O/c1-6-7-13-22(29(2,3)4)14-19-25-32-27-26(21-11-9-8-10-12-21)30-20-31-28(27)33(25)23-15-17-24(34-5)18-16-23/h8-12,14-18,20H,6-7,13,19H2,1-5H3/b22-14+. The van der Waals surface area contributed by atoms with Crippen LogP contribution in [0.5, 0.6) is 5.75 Å². The lowest BCUT2D eigenvalue weighted by Crippen LogP contribution is -2.10. The maximum atomic E-state index is 5.38. The Balaban J connectivity index is 1.87. The van der Waals surface area contributed by atoms with E-state index >= 15 is 0 Å². The molecule has 0 radical (unpaired) electrons. The number of rotatable bonds is 8. The van der Waals surface area contributed by atoms with Crippen LogP contribution in [-0.4, -0.2) is 26.6 Å². The predicted octanol–water partition coefficient (Wildman–Crippen LogP) is 7.20. The first-order valence-electron chi connectivity index (χ1n) is 12.0. The third-order valence-corrected chi connectivity index (χ3v) is 6.19. The van der Waals surface area contributed by atoms with Crippen molar-refractivity contribution in [1.29, 1.82) is 0 Å². The number of methoxy groups -OCH3 is 1. The molecule has 0 amide bonds. The van der Waals surface area contributed by atoms with Gasteiger partial charge in [0.15, 0.2) is 5.65 Å². The molecule has 0 spiro atoms. The number of fused-ring (bicyclic) bond motifs is 1. The van der Waals surface area contributed by atoms with E-state index in [1.54, 1.807) is 13.4 Å². The molecular formula is C29H34N4O. The Labute approximate surface area is 202 Å². The molecule has 0 saturated carbocycles. The maximum Gasteiger partial charge on any atom is 0.168 e. The first-order valence-corrected chi connectivity index (χ1v) is 12.0. The highest BCUT2D eigenvalue weighted by molar-refractivity contribution is 5.88. The van der Waals surface area contributed by atoms with Crippen molar-refractivity contribution in [1.82, 2.24) is 19.5 Å². The van der Waals surface area contributed by atoms with Gasteiger partial charge >= 0.3 is 0 Å². The highest BCUT2D eigenvalue weighted by Gasteiger charge is 2.20. The van der Waals surface area contributed by atoms with Gasteiger partial charge in [-0.2, -0.15) is 0 Å². The molecule has 0 saturated heterocycles. The van der Waals surface area contributed by atoms with Crippen molar-refractivity contribution in [3.63, 3.8) is 0 Å². The molecule has 4 rings (SSSR count). The SMILES string of the molecule is CCCC/C(=C\Cc1nc2c(-c3ccccc3)ncnc2n1-c1ccc(OC)cc1)C(C)(C)C. The van der Waals surface area contributed by atoms with Crippen LogP contribution in [0.15, 0.2) is 72.6 Å². The van der Waals surface area contributed by atoms with Crippen LogP contribution in [-0.2, 0) is 6.42 Å². The van der Waals surface area contributed by atoms with Gasteiger partial charge in [0.25, 0.3) is 0 Å². The monoisotopic (exact) mass is 454 g/mol. The van der Waals surface area contributed by atoms with Crippen LogP contribution in [0.4, 0.5) is 0 Å². The molecule has 2 aromatic heterocycles. The molecule has 34 heavy (non-hydrogen) atoms. The first kappa shape index (κ1) is 23.7. The van der Waals surface area contributed by atoms with Crippen molar-refractivity contribution in [2.45, 2.75) is 53.4 Å². The Morgan fingerprint density at radius 1 is 1.00 bits per heavy atom. The summed E-state index contributed by atoms with van der Waals surface area (Å²) in [6.07, 6.45) is 8.22. The van der Waals surface area contributed by atoms with Crippen LogP contribution in [0, 0.1) is 5.41 Å². The highest BCUT2D eigenvalue weighted by atomic mass is 16.5. The lowest BCUT2D eigenvalue weighted by Gasteiger charge is -2.23. The van der Waals surface area contributed by atoms with Gasteiger partial charge in [-0.1, -0.05) is 76.1 Å². The molecule has 2 heterocycles. The Morgan fingerprint density at radius 3 is 2.38 bits per heavy atom. The molecule has 5 nitrogen and oxygen atoms in total. The van der Waals surface area contributed by atoms with E-state index in [4.69, 9.17) is 9.72 Å². The average Bonchev–Trinajstić information content (AvgIpc) is 3.22. The number of imidazole rings is 1. The van der Waals surface area contributed by atoms with Gasteiger partial charge in [-0.25, -0.2) is 15.0 Å². The number of hydrogen-bond acceptors (Lipinski definition) is 4. The second-order valence-electron chi connectivity index (χ2n) is 9.61. The van der Waals surface area contributed by atoms with Gasteiger partial charge < -0.3 is 4.74 Å². The van der Waals surface area contributed by atoms with Gasteiger partial charge in [0.05, 0.1) is 7.11 Å². The predicted molar refractivity (Wildman–Crippen MR) is 139 cm³/mol. The number of allylic oxidation sites excluding steroid dienone is 2. The first-order chi connectivity index (χ1) is 16.4. The molecule has 0 aliphatic rings. The Kier molecular flexibility index (Phi) is 7.11. The van der Waals surface area contributed by atoms with Crippen molar-refractivity contribution in [2.75, 3.05) is 7.11 Å². The number of nitrogens with zero attached hydrogens (tertiary/aromatic N) is 4. The fraction of sp³-hybridized carbons (Fsp3) is 0.345. The minimum atomic E-state index is 0.126. The zero-order valence-electron chi connectivity index (χ0n) is 20.9. The van der Waals surface area contributed by atoms with Gasteiger partial charge in [-0.3, -0.25) is 4.57 Å². The smallest absolute Gasteiger partial charge is 0.168 e. The summed E-state index contributed by atoms with van der Waals surface area (Å²) in [4.78, 5) is 14.4. The fourth-order valence-electron chi connectivity index (χ4n) is 4.25. The van der Waals surface area contributed by atoms with Gasteiger partial charge in [0.2, 0.25) is 0 Å². The molecule has 0 unspecified atom stereocenters. The van der Waals surface area contributed by atoms with Crippen LogP contribution in [0.3, 0.4) is 0 Å². The number of unbranched alkanes of at least 4 members (excludes halogenated alkanes) is 1. The van der Waals surface area contributed by atoms with E-state index in [0.29, 0.717) is 0 Å². The van der Waals surface area contributed by atoms with Crippen molar-refractivity contribution in [3.8, 4) is 22.7 Å². The molecule has 2 aromatic carbocycles. The molecule has 0 aliphatic heterocycles. The molecule has 0 fully saturated rings. The molecule has 4 aromatic rings. The number of hydrogen-bond donors (Lipinski definition) is 0. The van der Waals surface area contributed by atoms with Crippen molar-refractivity contribution >= 4 is 11.2 Å². The summed E-state index contributed by atoms with van der Waals surface area (Å²) in [6, 6.07) is 18.3. The van der Waals surface area contributed by atoms with E-state index in [0.717, 1.165) is 52.5 Å². The van der Waals surface area contributed by atoms with E-state index in [-0.39, 0.29) is 5.41 Å². The van der Waals surface area contributed by atoms with Crippen LogP contribution in [0.2, 0.25) is 0 Å². The Hall–Kier alpha value is -3.47. The number of benzene rings is 2.